The standard InChI is InChI=1S/C26H42N2/c1-3-5-6-7-8-9-10-11-15-19-26(28-21-20-27-23-28)25(16-4-2)22-24-17-13-12-14-18-24/h12-14,17-18,20-21,23,25-26H,3-11,15-16,19,22H2,1-2H3. The van der Waals surface area contributed by atoms with Gasteiger partial charge in [0.05, 0.1) is 6.33 Å². The number of hydrogen-bond donors (Lipinski definition) is 0. The quantitative estimate of drug-likeness (QED) is 0.269. The summed E-state index contributed by atoms with van der Waals surface area (Å²) >= 11 is 0. The molecule has 2 unspecified atom stereocenters. The van der Waals surface area contributed by atoms with E-state index in [4.69, 9.17) is 0 Å². The summed E-state index contributed by atoms with van der Waals surface area (Å²) in [5.74, 6) is 0.690. The van der Waals surface area contributed by atoms with Gasteiger partial charge in [-0.3, -0.25) is 0 Å². The number of benzene rings is 1. The average Bonchev–Trinajstić information content (AvgIpc) is 3.24. The van der Waals surface area contributed by atoms with Crippen LogP contribution in [0.5, 0.6) is 0 Å². The van der Waals surface area contributed by atoms with Crippen molar-refractivity contribution >= 4 is 0 Å². The third-order valence-corrected chi connectivity index (χ3v) is 6.06. The Hall–Kier alpha value is -1.57. The summed E-state index contributed by atoms with van der Waals surface area (Å²) in [6.45, 7) is 4.61. The smallest absolute Gasteiger partial charge is 0.0948 e. The Morgan fingerprint density at radius 3 is 2.07 bits per heavy atom. The lowest BCUT2D eigenvalue weighted by Crippen LogP contribution is -2.21. The number of hydrogen-bond acceptors (Lipinski definition) is 1. The van der Waals surface area contributed by atoms with Crippen LogP contribution in [0.25, 0.3) is 0 Å². The molecule has 0 spiro atoms. The van der Waals surface area contributed by atoms with Gasteiger partial charge in [-0.15, -0.1) is 0 Å². The lowest BCUT2D eigenvalue weighted by atomic mass is 9.85. The molecule has 0 aliphatic carbocycles. The monoisotopic (exact) mass is 382 g/mol. The first-order valence-electron chi connectivity index (χ1n) is 11.9. The molecule has 1 aromatic carbocycles. The summed E-state index contributed by atoms with van der Waals surface area (Å²) in [4.78, 5) is 4.35. The molecule has 1 heterocycles. The van der Waals surface area contributed by atoms with Crippen LogP contribution in [0, 0.1) is 5.92 Å². The van der Waals surface area contributed by atoms with E-state index in [0.717, 1.165) is 0 Å². The minimum absolute atomic E-state index is 0.576. The molecule has 2 atom stereocenters. The van der Waals surface area contributed by atoms with Crippen molar-refractivity contribution in [2.24, 2.45) is 5.92 Å². The van der Waals surface area contributed by atoms with Gasteiger partial charge in [-0.05, 0) is 30.7 Å². The topological polar surface area (TPSA) is 17.8 Å². The third-order valence-electron chi connectivity index (χ3n) is 6.06. The van der Waals surface area contributed by atoms with Crippen LogP contribution in [0.3, 0.4) is 0 Å². The average molecular weight is 383 g/mol. The number of aromatic nitrogens is 2. The Balaban J connectivity index is 1.83. The molecule has 0 saturated heterocycles. The van der Waals surface area contributed by atoms with Gasteiger partial charge in [0.2, 0.25) is 0 Å². The predicted molar refractivity (Wildman–Crippen MR) is 122 cm³/mol. The second-order valence-corrected chi connectivity index (χ2v) is 8.43. The minimum atomic E-state index is 0.576. The third kappa shape index (κ3) is 8.63. The Labute approximate surface area is 173 Å². The van der Waals surface area contributed by atoms with E-state index in [1.807, 2.05) is 12.5 Å². The fraction of sp³-hybridized carbons (Fsp3) is 0.654. The van der Waals surface area contributed by atoms with Gasteiger partial charge in [0, 0.05) is 18.4 Å². The van der Waals surface area contributed by atoms with Crippen LogP contribution in [0.2, 0.25) is 0 Å². The maximum absolute atomic E-state index is 4.35. The van der Waals surface area contributed by atoms with Crippen molar-refractivity contribution in [2.75, 3.05) is 0 Å². The maximum Gasteiger partial charge on any atom is 0.0948 e. The number of rotatable bonds is 16. The van der Waals surface area contributed by atoms with Crippen LogP contribution in [-0.4, -0.2) is 9.55 Å². The van der Waals surface area contributed by atoms with Crippen LogP contribution in [0.1, 0.15) is 103 Å². The van der Waals surface area contributed by atoms with Gasteiger partial charge in [0.1, 0.15) is 0 Å². The Bertz CT molecular complexity index is 576. The molecule has 2 nitrogen and oxygen atoms in total. The molecule has 2 heteroatoms. The van der Waals surface area contributed by atoms with Gasteiger partial charge < -0.3 is 4.57 Å². The van der Waals surface area contributed by atoms with Crippen LogP contribution in [-0.2, 0) is 6.42 Å². The maximum atomic E-state index is 4.35. The van der Waals surface area contributed by atoms with E-state index >= 15 is 0 Å². The van der Waals surface area contributed by atoms with Gasteiger partial charge in [-0.2, -0.15) is 0 Å². The highest BCUT2D eigenvalue weighted by molar-refractivity contribution is 5.15. The Kier molecular flexibility index (Phi) is 11.7. The van der Waals surface area contributed by atoms with Crippen molar-refractivity contribution < 1.29 is 0 Å². The van der Waals surface area contributed by atoms with Gasteiger partial charge >= 0.3 is 0 Å². The number of imidazole rings is 1. The molecule has 0 saturated carbocycles. The van der Waals surface area contributed by atoms with Crippen molar-refractivity contribution in [3.8, 4) is 0 Å². The lowest BCUT2D eigenvalue weighted by Gasteiger charge is -2.28. The molecule has 0 aliphatic heterocycles. The molecule has 0 fully saturated rings. The highest BCUT2D eigenvalue weighted by Crippen LogP contribution is 2.31. The van der Waals surface area contributed by atoms with E-state index in [9.17, 15) is 0 Å². The van der Waals surface area contributed by atoms with Crippen molar-refractivity contribution in [2.45, 2.75) is 103 Å². The molecule has 2 rings (SSSR count). The first kappa shape index (κ1) is 22.7. The zero-order valence-electron chi connectivity index (χ0n) is 18.4. The molecule has 0 bridgehead atoms. The summed E-state index contributed by atoms with van der Waals surface area (Å²) in [6, 6.07) is 11.6. The summed E-state index contributed by atoms with van der Waals surface area (Å²) in [5.41, 5.74) is 1.47. The Morgan fingerprint density at radius 2 is 1.46 bits per heavy atom. The van der Waals surface area contributed by atoms with Gasteiger partial charge in [0.25, 0.3) is 0 Å². The normalized spacial score (nSPS) is 13.5. The largest absolute Gasteiger partial charge is 0.334 e. The van der Waals surface area contributed by atoms with Gasteiger partial charge in [-0.1, -0.05) is 108 Å². The molecule has 0 aliphatic rings. The van der Waals surface area contributed by atoms with E-state index in [0.29, 0.717) is 12.0 Å². The Morgan fingerprint density at radius 1 is 0.786 bits per heavy atom. The van der Waals surface area contributed by atoms with Crippen molar-refractivity contribution in [3.63, 3.8) is 0 Å². The molecule has 2 aromatic rings. The second kappa shape index (κ2) is 14.4. The van der Waals surface area contributed by atoms with Gasteiger partial charge in [0.15, 0.2) is 0 Å². The zero-order valence-corrected chi connectivity index (χ0v) is 18.4. The van der Waals surface area contributed by atoms with E-state index in [2.05, 4.69) is 59.9 Å². The fourth-order valence-corrected chi connectivity index (χ4v) is 4.48. The van der Waals surface area contributed by atoms with Gasteiger partial charge in [-0.25, -0.2) is 4.98 Å². The van der Waals surface area contributed by atoms with Crippen molar-refractivity contribution in [3.05, 3.63) is 54.6 Å². The summed E-state index contributed by atoms with van der Waals surface area (Å²) in [6.07, 6.45) is 23.7. The molecular weight excluding hydrogens is 340 g/mol. The molecule has 28 heavy (non-hydrogen) atoms. The first-order chi connectivity index (χ1) is 13.8. The van der Waals surface area contributed by atoms with Crippen LogP contribution in [0.15, 0.2) is 49.1 Å². The van der Waals surface area contributed by atoms with E-state index < -0.39 is 0 Å². The second-order valence-electron chi connectivity index (χ2n) is 8.43. The van der Waals surface area contributed by atoms with E-state index in [1.165, 1.54) is 89.0 Å². The highest BCUT2D eigenvalue weighted by Gasteiger charge is 2.22. The first-order valence-corrected chi connectivity index (χ1v) is 11.9. The SMILES string of the molecule is CCCCCCCCCCCC(C(CCC)Cc1ccccc1)n1ccnc1. The lowest BCUT2D eigenvalue weighted by molar-refractivity contribution is 0.280. The van der Waals surface area contributed by atoms with Crippen LogP contribution >= 0.6 is 0 Å². The summed E-state index contributed by atoms with van der Waals surface area (Å²) in [7, 11) is 0. The van der Waals surface area contributed by atoms with Crippen LogP contribution in [0.4, 0.5) is 0 Å². The zero-order chi connectivity index (χ0) is 19.9. The predicted octanol–water partition coefficient (Wildman–Crippen LogP) is 8.00. The molecule has 156 valence electrons. The molecule has 0 amide bonds. The van der Waals surface area contributed by atoms with E-state index in [-0.39, 0.29) is 0 Å². The summed E-state index contributed by atoms with van der Waals surface area (Å²) < 4.78 is 2.38. The van der Waals surface area contributed by atoms with Crippen LogP contribution < -0.4 is 0 Å². The molecule has 0 N–H and O–H groups in total. The minimum Gasteiger partial charge on any atom is -0.334 e. The van der Waals surface area contributed by atoms with Crippen molar-refractivity contribution in [1.82, 2.24) is 9.55 Å². The van der Waals surface area contributed by atoms with Crippen molar-refractivity contribution in [1.29, 1.82) is 0 Å². The highest BCUT2D eigenvalue weighted by atomic mass is 15.1. The molecule has 0 radical (unpaired) electrons. The summed E-state index contributed by atoms with van der Waals surface area (Å²) in [5, 5.41) is 0. The molecular formula is C26H42N2. The molecule has 1 aromatic heterocycles. The fourth-order valence-electron chi connectivity index (χ4n) is 4.48. The number of nitrogens with zero attached hydrogens (tertiary/aromatic N) is 2. The van der Waals surface area contributed by atoms with E-state index in [1.54, 1.807) is 0 Å². The number of unbranched alkanes of at least 4 members (excludes halogenated alkanes) is 8.